The SMILES string of the molecule is Cc1cc(NCC(C)(C)CCO)nc(N)n1. The molecule has 0 spiro atoms. The Kier molecular flexibility index (Phi) is 4.06. The number of rotatable bonds is 5. The quantitative estimate of drug-likeness (QED) is 0.699. The summed E-state index contributed by atoms with van der Waals surface area (Å²) in [6.07, 6.45) is 0.750. The third-order valence-electron chi connectivity index (χ3n) is 2.41. The molecule has 0 fully saturated rings. The van der Waals surface area contributed by atoms with Crippen LogP contribution >= 0.6 is 0 Å². The molecule has 90 valence electrons. The van der Waals surface area contributed by atoms with Crippen molar-refractivity contribution in [2.45, 2.75) is 27.2 Å². The van der Waals surface area contributed by atoms with Crippen molar-refractivity contribution in [3.05, 3.63) is 11.8 Å². The molecule has 1 heterocycles. The number of nitrogens with one attached hydrogen (secondary N) is 1. The number of nitrogens with two attached hydrogens (primary N) is 1. The van der Waals surface area contributed by atoms with Crippen LogP contribution in [0.3, 0.4) is 0 Å². The van der Waals surface area contributed by atoms with E-state index in [1.165, 1.54) is 0 Å². The van der Waals surface area contributed by atoms with Crippen LogP contribution < -0.4 is 11.1 Å². The van der Waals surface area contributed by atoms with Crippen LogP contribution in [0.4, 0.5) is 11.8 Å². The molecule has 5 heteroatoms. The number of aromatic nitrogens is 2. The summed E-state index contributed by atoms with van der Waals surface area (Å²) in [6, 6.07) is 1.85. The summed E-state index contributed by atoms with van der Waals surface area (Å²) in [6.45, 7) is 6.99. The van der Waals surface area contributed by atoms with E-state index in [0.717, 1.165) is 24.5 Å². The molecule has 1 rings (SSSR count). The van der Waals surface area contributed by atoms with Crippen LogP contribution in [0.15, 0.2) is 6.07 Å². The third-order valence-corrected chi connectivity index (χ3v) is 2.41. The molecule has 0 atom stereocenters. The van der Waals surface area contributed by atoms with Crippen LogP contribution in [-0.4, -0.2) is 28.2 Å². The maximum atomic E-state index is 8.91. The van der Waals surface area contributed by atoms with E-state index in [9.17, 15) is 0 Å². The summed E-state index contributed by atoms with van der Waals surface area (Å²) in [5, 5.41) is 12.1. The summed E-state index contributed by atoms with van der Waals surface area (Å²) in [5.74, 6) is 1.01. The zero-order valence-corrected chi connectivity index (χ0v) is 10.1. The van der Waals surface area contributed by atoms with Crippen molar-refractivity contribution in [2.24, 2.45) is 5.41 Å². The highest BCUT2D eigenvalue weighted by Gasteiger charge is 2.16. The highest BCUT2D eigenvalue weighted by Crippen LogP contribution is 2.20. The van der Waals surface area contributed by atoms with Gasteiger partial charge in [-0.3, -0.25) is 0 Å². The van der Waals surface area contributed by atoms with E-state index in [0.29, 0.717) is 0 Å². The number of anilines is 2. The first-order valence-corrected chi connectivity index (χ1v) is 5.39. The minimum Gasteiger partial charge on any atom is -0.396 e. The number of hydrogen-bond donors (Lipinski definition) is 3. The Morgan fingerprint density at radius 2 is 2.12 bits per heavy atom. The van der Waals surface area contributed by atoms with Crippen LogP contribution in [-0.2, 0) is 0 Å². The van der Waals surface area contributed by atoms with Gasteiger partial charge in [-0.15, -0.1) is 0 Å². The number of nitrogens with zero attached hydrogens (tertiary/aromatic N) is 2. The van der Waals surface area contributed by atoms with Crippen molar-refractivity contribution in [2.75, 3.05) is 24.2 Å². The highest BCUT2D eigenvalue weighted by atomic mass is 16.3. The molecule has 0 bridgehead atoms. The molecule has 0 aliphatic rings. The summed E-state index contributed by atoms with van der Waals surface area (Å²) >= 11 is 0. The van der Waals surface area contributed by atoms with E-state index in [4.69, 9.17) is 10.8 Å². The predicted molar refractivity (Wildman–Crippen MR) is 65.2 cm³/mol. The molecule has 1 aromatic heterocycles. The molecule has 1 aromatic rings. The van der Waals surface area contributed by atoms with Crippen molar-refractivity contribution in [1.82, 2.24) is 9.97 Å². The smallest absolute Gasteiger partial charge is 0.222 e. The summed E-state index contributed by atoms with van der Waals surface area (Å²) < 4.78 is 0. The monoisotopic (exact) mass is 224 g/mol. The fourth-order valence-electron chi connectivity index (χ4n) is 1.40. The molecule has 0 saturated heterocycles. The van der Waals surface area contributed by atoms with Crippen LogP contribution in [0, 0.1) is 12.3 Å². The molecular weight excluding hydrogens is 204 g/mol. The van der Waals surface area contributed by atoms with Gasteiger partial charge in [-0.25, -0.2) is 4.98 Å². The van der Waals surface area contributed by atoms with Crippen LogP contribution in [0.25, 0.3) is 0 Å². The predicted octanol–water partition coefficient (Wildman–Crippen LogP) is 1.19. The van der Waals surface area contributed by atoms with Gasteiger partial charge in [0, 0.05) is 24.9 Å². The third kappa shape index (κ3) is 4.02. The maximum absolute atomic E-state index is 8.91. The Morgan fingerprint density at radius 3 is 2.69 bits per heavy atom. The van der Waals surface area contributed by atoms with Gasteiger partial charge in [0.05, 0.1) is 0 Å². The summed E-state index contributed by atoms with van der Waals surface area (Å²) in [5.41, 5.74) is 6.43. The first-order chi connectivity index (χ1) is 7.43. The number of nitrogen functional groups attached to an aromatic ring is 1. The first-order valence-electron chi connectivity index (χ1n) is 5.39. The normalized spacial score (nSPS) is 11.5. The highest BCUT2D eigenvalue weighted by molar-refractivity contribution is 5.40. The number of aliphatic hydroxyl groups excluding tert-OH is 1. The minimum absolute atomic E-state index is 0.0301. The van der Waals surface area contributed by atoms with Crippen LogP contribution in [0.5, 0.6) is 0 Å². The lowest BCUT2D eigenvalue weighted by Crippen LogP contribution is -2.24. The topological polar surface area (TPSA) is 84.1 Å². The zero-order chi connectivity index (χ0) is 12.2. The lowest BCUT2D eigenvalue weighted by molar-refractivity contribution is 0.220. The Morgan fingerprint density at radius 1 is 1.44 bits per heavy atom. The van der Waals surface area contributed by atoms with Crippen molar-refractivity contribution in [1.29, 1.82) is 0 Å². The summed E-state index contributed by atoms with van der Waals surface area (Å²) in [4.78, 5) is 8.09. The Bertz CT molecular complexity index is 332. The fraction of sp³-hybridized carbons (Fsp3) is 0.636. The Labute approximate surface area is 96.1 Å². The minimum atomic E-state index is 0.0301. The fourth-order valence-corrected chi connectivity index (χ4v) is 1.40. The number of hydrogen-bond acceptors (Lipinski definition) is 5. The number of aryl methyl sites for hydroxylation is 1. The van der Waals surface area contributed by atoms with E-state index >= 15 is 0 Å². The van der Waals surface area contributed by atoms with Gasteiger partial charge in [0.25, 0.3) is 0 Å². The molecule has 0 radical (unpaired) electrons. The molecular formula is C11H20N4O. The first kappa shape index (κ1) is 12.7. The van der Waals surface area contributed by atoms with Gasteiger partial charge in [-0.1, -0.05) is 13.8 Å². The van der Waals surface area contributed by atoms with Gasteiger partial charge in [0.2, 0.25) is 5.95 Å². The van der Waals surface area contributed by atoms with Crippen molar-refractivity contribution >= 4 is 11.8 Å². The van der Waals surface area contributed by atoms with Crippen LogP contribution in [0.2, 0.25) is 0 Å². The molecule has 0 aliphatic heterocycles. The van der Waals surface area contributed by atoms with Gasteiger partial charge >= 0.3 is 0 Å². The molecule has 16 heavy (non-hydrogen) atoms. The van der Waals surface area contributed by atoms with Crippen molar-refractivity contribution in [3.8, 4) is 0 Å². The van der Waals surface area contributed by atoms with E-state index in [1.807, 2.05) is 13.0 Å². The van der Waals surface area contributed by atoms with Gasteiger partial charge in [0.15, 0.2) is 0 Å². The zero-order valence-electron chi connectivity index (χ0n) is 10.1. The van der Waals surface area contributed by atoms with Crippen molar-refractivity contribution < 1.29 is 5.11 Å². The average molecular weight is 224 g/mol. The molecule has 0 aliphatic carbocycles. The second-order valence-electron chi connectivity index (χ2n) is 4.74. The van der Waals surface area contributed by atoms with Gasteiger partial charge in [-0.05, 0) is 18.8 Å². The molecule has 0 unspecified atom stereocenters. The average Bonchev–Trinajstić information content (AvgIpc) is 2.13. The van der Waals surface area contributed by atoms with Gasteiger partial charge < -0.3 is 16.2 Å². The van der Waals surface area contributed by atoms with E-state index in [2.05, 4.69) is 29.1 Å². The second-order valence-corrected chi connectivity index (χ2v) is 4.74. The van der Waals surface area contributed by atoms with E-state index in [1.54, 1.807) is 0 Å². The van der Waals surface area contributed by atoms with Gasteiger partial charge in [-0.2, -0.15) is 4.98 Å². The molecule has 0 amide bonds. The van der Waals surface area contributed by atoms with E-state index in [-0.39, 0.29) is 18.0 Å². The molecule has 0 aromatic carbocycles. The Hall–Kier alpha value is -1.36. The number of aliphatic hydroxyl groups is 1. The largest absolute Gasteiger partial charge is 0.396 e. The molecule has 5 nitrogen and oxygen atoms in total. The summed E-state index contributed by atoms with van der Waals surface area (Å²) in [7, 11) is 0. The lowest BCUT2D eigenvalue weighted by Gasteiger charge is -2.24. The molecule has 0 saturated carbocycles. The standard InChI is InChI=1S/C11H20N4O/c1-8-6-9(15-10(12)14-8)13-7-11(2,3)4-5-16/h6,16H,4-5,7H2,1-3H3,(H3,12,13,14,15). The maximum Gasteiger partial charge on any atom is 0.222 e. The second kappa shape index (κ2) is 5.12. The molecule has 4 N–H and O–H groups in total. The van der Waals surface area contributed by atoms with Gasteiger partial charge in [0.1, 0.15) is 5.82 Å². The van der Waals surface area contributed by atoms with Crippen LogP contribution in [0.1, 0.15) is 26.0 Å². The van der Waals surface area contributed by atoms with Crippen molar-refractivity contribution in [3.63, 3.8) is 0 Å². The lowest BCUT2D eigenvalue weighted by atomic mass is 9.90. The van der Waals surface area contributed by atoms with E-state index < -0.39 is 0 Å². The Balaban J connectivity index is 2.60.